The van der Waals surface area contributed by atoms with Gasteiger partial charge in [-0.1, -0.05) is 45.9 Å². The van der Waals surface area contributed by atoms with E-state index in [9.17, 15) is 47.5 Å². The van der Waals surface area contributed by atoms with Crippen LogP contribution in [-0.4, -0.2) is 207 Å². The van der Waals surface area contributed by atoms with E-state index in [1.165, 1.54) is 6.07 Å². The van der Waals surface area contributed by atoms with Gasteiger partial charge in [0.1, 0.15) is 60.9 Å². The number of piperidine rings is 5. The van der Waals surface area contributed by atoms with Gasteiger partial charge in [0.15, 0.2) is 5.75 Å². The van der Waals surface area contributed by atoms with Gasteiger partial charge in [0, 0.05) is 64.1 Å². The lowest BCUT2D eigenvalue weighted by Crippen LogP contribution is -2.54. The van der Waals surface area contributed by atoms with E-state index in [2.05, 4.69) is 31.8 Å². The van der Waals surface area contributed by atoms with Crippen molar-refractivity contribution in [2.75, 3.05) is 125 Å². The van der Waals surface area contributed by atoms with E-state index in [1.54, 1.807) is 11.0 Å². The van der Waals surface area contributed by atoms with Gasteiger partial charge in [0.05, 0.1) is 55.5 Å². The highest BCUT2D eigenvalue weighted by atomic mass is 19.1. The van der Waals surface area contributed by atoms with Crippen LogP contribution < -0.4 is 49.8 Å². The maximum absolute atomic E-state index is 14.8. The molecule has 0 radical (unpaired) electrons. The molecule has 25 nitrogen and oxygen atoms in total. The molecule has 0 aliphatic carbocycles. The summed E-state index contributed by atoms with van der Waals surface area (Å²) in [6.45, 7) is 21.9. The third-order valence-corrected chi connectivity index (χ3v) is 17.6. The van der Waals surface area contributed by atoms with Gasteiger partial charge in [-0.05, 0) is 127 Å². The number of carbonyl (C=O) groups excluding carboxylic acids is 7. The highest BCUT2D eigenvalue weighted by Crippen LogP contribution is 2.47. The number of benzene rings is 3. The molecular formula is C66H91FN10O15. The number of aliphatic carboxylic acids is 2. The number of para-hydroxylation sites is 2. The second-order valence-corrected chi connectivity index (χ2v) is 24.5. The van der Waals surface area contributed by atoms with Crippen molar-refractivity contribution in [2.45, 2.75) is 148 Å². The minimum absolute atomic E-state index is 0.0120. The lowest BCUT2D eigenvalue weighted by Gasteiger charge is -2.41. The Hall–Kier alpha value is -8.26. The molecule has 0 aromatic heterocycles. The number of fused-ring (bicyclic) bond motifs is 3. The van der Waals surface area contributed by atoms with Gasteiger partial charge in [0.2, 0.25) is 35.4 Å². The number of halogens is 1. The summed E-state index contributed by atoms with van der Waals surface area (Å²) in [6, 6.07) is 13.8. The molecule has 9 aliphatic heterocycles. The normalized spacial score (nSPS) is 22.1. The average Bonchev–Trinajstić information content (AvgIpc) is 0.803. The molecule has 5 N–H and O–H groups in total. The first kappa shape index (κ1) is 69.6. The molecule has 3 aromatic rings. The summed E-state index contributed by atoms with van der Waals surface area (Å²) in [5.74, 6) is -1.28. The Morgan fingerprint density at radius 2 is 0.924 bits per heavy atom. The number of ether oxygens (including phenoxy) is 4. The molecule has 502 valence electrons. The third-order valence-electron chi connectivity index (χ3n) is 17.6. The Labute approximate surface area is 537 Å². The third kappa shape index (κ3) is 17.1. The van der Waals surface area contributed by atoms with Crippen LogP contribution in [0.1, 0.15) is 136 Å². The number of rotatable bonds is 10. The van der Waals surface area contributed by atoms with Gasteiger partial charge in [-0.3, -0.25) is 64.1 Å². The SMILES string of the molecule is CC.CC.CC(C)(C)OC(=O)N1CCC(c2cccc3c2OCCN3C2CCC(=O)NC2=O)CC1.O=C(O)CN1CCC(c2c(F)ccc3c2OCCN3C2CCC(=O)NC2=O)CC1.O=C(O)CN1CCN(c2cccc3c2OCCN3C2CCC(=O)NC2=O)CC1. The summed E-state index contributed by atoms with van der Waals surface area (Å²) in [5.41, 5.74) is 4.55. The molecule has 26 heteroatoms. The number of anilines is 4. The topological polar surface area (TPSA) is 290 Å². The van der Waals surface area contributed by atoms with Gasteiger partial charge >= 0.3 is 18.0 Å². The Balaban J connectivity index is 0.000000173. The largest absolute Gasteiger partial charge is 0.489 e. The van der Waals surface area contributed by atoms with E-state index in [0.29, 0.717) is 154 Å². The first-order chi connectivity index (χ1) is 44.2. The van der Waals surface area contributed by atoms with Crippen LogP contribution in [0, 0.1) is 5.82 Å². The Bertz CT molecular complexity index is 3160. The Kier molecular flexibility index (Phi) is 24.1. The zero-order valence-corrected chi connectivity index (χ0v) is 54.1. The number of carboxylic acid groups (broad SMARTS) is 2. The molecule has 6 saturated heterocycles. The fraction of sp³-hybridized carbons (Fsp3) is 0.591. The second-order valence-electron chi connectivity index (χ2n) is 24.5. The summed E-state index contributed by atoms with van der Waals surface area (Å²) < 4.78 is 38.3. The summed E-state index contributed by atoms with van der Waals surface area (Å²) in [6.07, 6.45) is 5.09. The molecule has 9 aliphatic rings. The first-order valence-electron chi connectivity index (χ1n) is 32.6. The molecule has 6 fully saturated rings. The van der Waals surface area contributed by atoms with Crippen molar-refractivity contribution < 1.29 is 76.7 Å². The summed E-state index contributed by atoms with van der Waals surface area (Å²) in [4.78, 5) is 120. The number of nitrogens with zero attached hydrogens (tertiary/aromatic N) is 7. The molecule has 0 bridgehead atoms. The van der Waals surface area contributed by atoms with Crippen LogP contribution in [-0.2, 0) is 43.1 Å². The van der Waals surface area contributed by atoms with E-state index >= 15 is 0 Å². The number of carbonyl (C=O) groups is 9. The molecule has 12 rings (SSSR count). The van der Waals surface area contributed by atoms with E-state index in [0.717, 1.165) is 47.0 Å². The molecule has 3 unspecified atom stereocenters. The van der Waals surface area contributed by atoms with Crippen LogP contribution in [0.2, 0.25) is 0 Å². The van der Waals surface area contributed by atoms with Gasteiger partial charge in [0.25, 0.3) is 0 Å². The molecule has 7 amide bonds. The lowest BCUT2D eigenvalue weighted by molar-refractivity contribution is -0.139. The van der Waals surface area contributed by atoms with Crippen molar-refractivity contribution in [1.82, 2.24) is 30.7 Å². The minimum atomic E-state index is -0.866. The zero-order valence-electron chi connectivity index (χ0n) is 54.1. The summed E-state index contributed by atoms with van der Waals surface area (Å²) >= 11 is 0. The van der Waals surface area contributed by atoms with Crippen LogP contribution in [0.5, 0.6) is 17.2 Å². The second kappa shape index (κ2) is 31.9. The number of hydrogen-bond donors (Lipinski definition) is 5. The van der Waals surface area contributed by atoms with Gasteiger partial charge in [-0.2, -0.15) is 0 Å². The van der Waals surface area contributed by atoms with Crippen molar-refractivity contribution in [1.29, 1.82) is 0 Å². The Morgan fingerprint density at radius 1 is 0.511 bits per heavy atom. The van der Waals surface area contributed by atoms with E-state index < -0.39 is 23.6 Å². The van der Waals surface area contributed by atoms with Gasteiger partial charge < -0.3 is 53.7 Å². The predicted molar refractivity (Wildman–Crippen MR) is 341 cm³/mol. The summed E-state index contributed by atoms with van der Waals surface area (Å²) in [5, 5.41) is 25.2. The van der Waals surface area contributed by atoms with Crippen molar-refractivity contribution in [2.24, 2.45) is 0 Å². The lowest BCUT2D eigenvalue weighted by atomic mass is 9.87. The molecule has 3 aromatic carbocycles. The number of likely N-dealkylation sites (tertiary alicyclic amines) is 2. The Morgan fingerprint density at radius 3 is 1.39 bits per heavy atom. The number of carboxylic acids is 2. The van der Waals surface area contributed by atoms with Crippen LogP contribution in [0.15, 0.2) is 48.5 Å². The van der Waals surface area contributed by atoms with Crippen molar-refractivity contribution in [3.63, 3.8) is 0 Å². The minimum Gasteiger partial charge on any atom is -0.489 e. The van der Waals surface area contributed by atoms with E-state index in [4.69, 9.17) is 29.2 Å². The predicted octanol–water partition coefficient (Wildman–Crippen LogP) is 5.85. The highest BCUT2D eigenvalue weighted by molar-refractivity contribution is 6.03. The monoisotopic (exact) mass is 1280 g/mol. The molecular weight excluding hydrogens is 1190 g/mol. The number of piperazine rings is 1. The van der Waals surface area contributed by atoms with E-state index in [1.807, 2.05) is 98.4 Å². The summed E-state index contributed by atoms with van der Waals surface area (Å²) in [7, 11) is 0. The molecule has 92 heavy (non-hydrogen) atoms. The van der Waals surface area contributed by atoms with Crippen LogP contribution >= 0.6 is 0 Å². The first-order valence-corrected chi connectivity index (χ1v) is 32.6. The molecule has 0 spiro atoms. The number of imide groups is 3. The fourth-order valence-electron chi connectivity index (χ4n) is 13.3. The quantitative estimate of drug-likeness (QED) is 0.149. The van der Waals surface area contributed by atoms with Gasteiger partial charge in [-0.25, -0.2) is 9.18 Å². The van der Waals surface area contributed by atoms with Crippen LogP contribution in [0.4, 0.5) is 31.9 Å². The van der Waals surface area contributed by atoms with E-state index in [-0.39, 0.29) is 90.8 Å². The van der Waals surface area contributed by atoms with Gasteiger partial charge in [-0.15, -0.1) is 0 Å². The maximum Gasteiger partial charge on any atom is 0.410 e. The van der Waals surface area contributed by atoms with Crippen molar-refractivity contribution >= 4 is 76.2 Å². The molecule has 3 atom stereocenters. The maximum atomic E-state index is 14.8. The highest BCUT2D eigenvalue weighted by Gasteiger charge is 2.41. The van der Waals surface area contributed by atoms with Crippen LogP contribution in [0.25, 0.3) is 0 Å². The number of hydrogen-bond acceptors (Lipinski definition) is 19. The van der Waals surface area contributed by atoms with Crippen LogP contribution in [0.3, 0.4) is 0 Å². The average molecular weight is 1280 g/mol. The smallest absolute Gasteiger partial charge is 0.410 e. The standard InChI is InChI=1S/C23H31N3O5.C20H24FN3O5.C19H24N4O5.2C2H6/c1-23(2,3)31-22(29)25-11-9-15(10-12-25)16-5-4-6-17-20(16)30-14-13-26(17)18-7-8-19(27)24-21(18)28;21-13-1-2-14-19(18(13)12-5-7-23(8-6-12)11-17(26)27)29-10-9-24(14)15-3-4-16(25)22-20(15)28;24-16-5-4-15(19(27)20-16)23-10-11-28-18-13(2-1-3-14(18)23)22-8-6-21(7-9-22)12-17(25)26;2*1-2/h4-6,15,18H,7-14H2,1-3H3,(H,24,27,28);1-2,12,15H,3-11H2,(H,26,27)(H,22,25,28);1-3,15H,4-12H2,(H,25,26)(H,20,24,27);2*1-2H3. The molecule has 9 heterocycles. The molecule has 0 saturated carbocycles. The van der Waals surface area contributed by atoms with Crippen molar-refractivity contribution in [3.8, 4) is 17.2 Å². The van der Waals surface area contributed by atoms with Crippen molar-refractivity contribution in [3.05, 3.63) is 65.5 Å². The number of amides is 7. The fourth-order valence-corrected chi connectivity index (χ4v) is 13.3. The zero-order chi connectivity index (χ0) is 66.4. The number of nitrogens with one attached hydrogen (secondary N) is 3.